The Morgan fingerprint density at radius 3 is 1.23 bits per heavy atom. The van der Waals surface area contributed by atoms with Crippen LogP contribution in [-0.4, -0.2) is 99.6 Å². The van der Waals surface area contributed by atoms with E-state index < -0.39 is 17.0 Å². The highest BCUT2D eigenvalue weighted by Crippen LogP contribution is 2.62. The van der Waals surface area contributed by atoms with Crippen LogP contribution in [0, 0.1) is 70.1 Å². The summed E-state index contributed by atoms with van der Waals surface area (Å²) >= 11 is 0. The molecule has 9 heterocycles. The molecule has 6 fully saturated rings. The predicted molar refractivity (Wildman–Crippen MR) is 484 cm³/mol. The molecule has 11 aromatic rings. The van der Waals surface area contributed by atoms with Crippen molar-refractivity contribution in [1.29, 1.82) is 0 Å². The smallest absolute Gasteiger partial charge is 0.171 e. The van der Waals surface area contributed by atoms with Crippen LogP contribution in [0.3, 0.4) is 0 Å². The Balaban J connectivity index is 0.000000105. The lowest BCUT2D eigenvalue weighted by Gasteiger charge is -2.54. The molecule has 2 aliphatic heterocycles. The van der Waals surface area contributed by atoms with Gasteiger partial charge in [-0.05, 0) is 248 Å². The second kappa shape index (κ2) is 33.4. The molecule has 0 bridgehead atoms. The number of aryl methyl sites for hydroxylation is 3. The van der Waals surface area contributed by atoms with Crippen molar-refractivity contribution in [3.8, 4) is 67.9 Å². The number of fused-ring (bicyclic) bond motifs is 14. The molecule has 2 saturated heterocycles. The van der Waals surface area contributed by atoms with Gasteiger partial charge in [0.15, 0.2) is 34.8 Å². The predicted octanol–water partition coefficient (Wildman–Crippen LogP) is 21.8. The van der Waals surface area contributed by atoms with E-state index in [1.807, 2.05) is 79.4 Å². The molecule has 13 aliphatic rings. The third kappa shape index (κ3) is 14.3. The highest BCUT2D eigenvalue weighted by molar-refractivity contribution is 6.04. The summed E-state index contributed by atoms with van der Waals surface area (Å²) in [6.07, 6.45) is 30.7. The zero-order valence-electron chi connectivity index (χ0n) is 75.1. The first-order valence-electron chi connectivity index (χ1n) is 47.4. The Hall–Kier alpha value is -10.6. The van der Waals surface area contributed by atoms with E-state index in [-0.39, 0.29) is 80.8 Å². The number of pyridine rings is 3. The van der Waals surface area contributed by atoms with Crippen molar-refractivity contribution >= 4 is 17.6 Å². The second-order valence-corrected chi connectivity index (χ2v) is 39.8. The number of carbonyl (C=O) groups excluding carboxylic acids is 2. The number of Topliss-reactive ketones (excluding diaryl/α,β-unsaturated/α-hetero) is 2. The topological polar surface area (TPSA) is 213 Å². The Kier molecular flexibility index (Phi) is 22.0. The first-order valence-corrected chi connectivity index (χ1v) is 47.4. The standard InChI is InChI=1S/C30H32FN3O2.C29H27FN4O.C28H28FN3O.C21H25FO3/c1-18-23-11-10-22-26(21-6-3-4-8-24(21)31)33-28(20-12-15-32-25-9-5-7-19(20)25)34-27(22)29(23,2)13-14-30(18)35-16-17-36-30;1-16-22-11-10-21-25(20-6-3-4-8-23(20)30)33-28(19-12-13-31-24-9-5-7-18(19)24)34-27(21)29(22,2)14-17-15-32-35-26(16)17;1-16-21-11-10-20-25(19-6-3-4-8-22(19)29)31-27(18-13-15-30-23-9-5-7-17(18)23)32-26(20)28(21,2)14-12-24(16)33;1-14-17-8-7-16(13-15-5-3-4-6-18(15)22)19(23)20(17,2)9-10-21(14)24-11-12-25-21/h3-4,6,8,12,15,18,23H,5,7,9-11,13-14,16-17H2,1-2H3;3-4,6,8,12-13,15-16,22H,5,7,9-11,14H2,1-2H3;3-4,6,8,13,15-16,21H,5,7,9-12,14H2,1-2H3;3-6,13-14,17H,7-12H2,1-2H3/b;;;16-13+/t18-,23-,29-;16-,22-,29-;16-,21-,28-;14-,17-,20-/m1111/s1. The van der Waals surface area contributed by atoms with E-state index >= 15 is 13.2 Å². The fourth-order valence-electron chi connectivity index (χ4n) is 26.4. The monoisotopic (exact) mass is 1740 g/mol. The molecule has 0 N–H and O–H groups in total. The first-order chi connectivity index (χ1) is 62.5. The van der Waals surface area contributed by atoms with Gasteiger partial charge in [0.05, 0.1) is 66.8 Å². The quantitative estimate of drug-likeness (QED) is 0.107. The average Bonchev–Trinajstić information content (AvgIpc) is 1.67. The van der Waals surface area contributed by atoms with E-state index in [0.717, 1.165) is 237 Å². The van der Waals surface area contributed by atoms with Gasteiger partial charge >= 0.3 is 0 Å². The Bertz CT molecular complexity index is 6320. The van der Waals surface area contributed by atoms with Crippen molar-refractivity contribution in [2.24, 2.45) is 46.8 Å². The van der Waals surface area contributed by atoms with Gasteiger partial charge in [-0.15, -0.1) is 0 Å². The molecule has 0 amide bonds. The summed E-state index contributed by atoms with van der Waals surface area (Å²) < 4.78 is 89.4. The number of hydrogen-bond acceptors (Lipinski definition) is 17. The zero-order chi connectivity index (χ0) is 88.6. The highest BCUT2D eigenvalue weighted by atomic mass is 19.1. The molecule has 129 heavy (non-hydrogen) atoms. The number of carbonyl (C=O) groups is 2. The minimum atomic E-state index is -0.503. The van der Waals surface area contributed by atoms with Crippen molar-refractivity contribution < 1.29 is 50.6 Å². The SMILES string of the molecule is C[C@@H]1[C@H]2CC/C(=C\c3ccccc3F)C(=O)[C@]2(C)CCC12OCCO2.C[C@@H]1[C@H]2CCc3c(-c4ccccc4F)nc(-c4ccnc5c4CCC5)nc3[C@]2(C)CCC12OCCO2.C[C@H]1C(=O)CC[C@@]2(C)c3nc(-c4ccnc5c4CCC5)nc(-c4ccccc4F)c3CC[C@H]12.C[C@H]1c2oncc2C[C@@]2(C)c3nc(-c4ccnc5c4CCC5)nc(-c4ccccc4F)c3CC[C@H]12. The van der Waals surface area contributed by atoms with E-state index in [1.54, 1.807) is 42.5 Å². The summed E-state index contributed by atoms with van der Waals surface area (Å²) in [5.41, 5.74) is 21.9. The van der Waals surface area contributed by atoms with Crippen molar-refractivity contribution in [2.45, 2.75) is 243 Å². The molecule has 0 unspecified atom stereocenters. The van der Waals surface area contributed by atoms with E-state index in [4.69, 9.17) is 53.4 Å². The molecule has 12 atom stereocenters. The van der Waals surface area contributed by atoms with E-state index in [9.17, 15) is 14.0 Å². The number of halogens is 4. The van der Waals surface area contributed by atoms with E-state index in [1.165, 1.54) is 41.0 Å². The molecular weight excluding hydrogens is 1630 g/mol. The number of benzene rings is 4. The van der Waals surface area contributed by atoms with Gasteiger partial charge in [-0.1, -0.05) is 115 Å². The molecule has 664 valence electrons. The van der Waals surface area contributed by atoms with Crippen LogP contribution >= 0.6 is 0 Å². The van der Waals surface area contributed by atoms with Crippen molar-refractivity contribution in [3.63, 3.8) is 0 Å². The number of nitrogens with zero attached hydrogens (tertiary/aromatic N) is 10. The fraction of sp³-hybridized carbons (Fsp3) is 0.463. The zero-order valence-corrected chi connectivity index (χ0v) is 75.1. The average molecular weight is 1740 g/mol. The normalized spacial score (nSPS) is 28.1. The minimum Gasteiger partial charge on any atom is -0.361 e. The minimum absolute atomic E-state index is 0.0254. The maximum absolute atomic E-state index is 15.2. The first kappa shape index (κ1) is 85.2. The maximum Gasteiger partial charge on any atom is 0.171 e. The van der Waals surface area contributed by atoms with Crippen LogP contribution in [-0.2, 0) is 109 Å². The van der Waals surface area contributed by atoms with Gasteiger partial charge in [0, 0.05) is 161 Å². The van der Waals surface area contributed by atoms with Crippen LogP contribution in [0.5, 0.6) is 0 Å². The lowest BCUT2D eigenvalue weighted by molar-refractivity contribution is -0.241. The van der Waals surface area contributed by atoms with Gasteiger partial charge in [0.1, 0.15) is 34.8 Å². The third-order valence-electron chi connectivity index (χ3n) is 33.3. The Labute approximate surface area is 751 Å². The van der Waals surface area contributed by atoms with Crippen LogP contribution in [0.1, 0.15) is 236 Å². The number of hydrogen-bond donors (Lipinski definition) is 0. The molecule has 4 saturated carbocycles. The Morgan fingerprint density at radius 2 is 0.775 bits per heavy atom. The Morgan fingerprint density at radius 1 is 0.380 bits per heavy atom. The van der Waals surface area contributed by atoms with Gasteiger partial charge in [-0.25, -0.2) is 47.5 Å². The molecule has 11 aliphatic carbocycles. The fourth-order valence-corrected chi connectivity index (χ4v) is 26.4. The van der Waals surface area contributed by atoms with Gasteiger partial charge in [-0.3, -0.25) is 24.5 Å². The number of ether oxygens (including phenoxy) is 4. The van der Waals surface area contributed by atoms with Crippen molar-refractivity contribution in [3.05, 3.63) is 253 Å². The molecule has 2 spiro atoms. The van der Waals surface area contributed by atoms with Gasteiger partial charge in [0.2, 0.25) is 0 Å². The van der Waals surface area contributed by atoms with Crippen LogP contribution in [0.2, 0.25) is 0 Å². The van der Waals surface area contributed by atoms with Gasteiger partial charge < -0.3 is 23.5 Å². The summed E-state index contributed by atoms with van der Waals surface area (Å²) in [5.74, 6) is 3.55. The summed E-state index contributed by atoms with van der Waals surface area (Å²) in [6, 6.07) is 33.6. The largest absolute Gasteiger partial charge is 0.361 e. The van der Waals surface area contributed by atoms with Crippen LogP contribution < -0.4 is 0 Å². The van der Waals surface area contributed by atoms with Crippen molar-refractivity contribution in [1.82, 2.24) is 50.0 Å². The molecule has 0 radical (unpaired) electrons. The van der Waals surface area contributed by atoms with Crippen LogP contribution in [0.25, 0.3) is 74.0 Å². The molecule has 21 heteroatoms. The van der Waals surface area contributed by atoms with Crippen LogP contribution in [0.15, 0.2) is 150 Å². The lowest BCUT2D eigenvalue weighted by Crippen LogP contribution is -2.56. The molecule has 17 nitrogen and oxygen atoms in total. The summed E-state index contributed by atoms with van der Waals surface area (Å²) in [6.45, 7) is 20.4. The molecule has 4 aromatic carbocycles. The maximum atomic E-state index is 15.2. The lowest BCUT2D eigenvalue weighted by atomic mass is 9.54. The van der Waals surface area contributed by atoms with Crippen molar-refractivity contribution in [2.75, 3.05) is 26.4 Å². The summed E-state index contributed by atoms with van der Waals surface area (Å²) in [4.78, 5) is 70.7. The third-order valence-corrected chi connectivity index (χ3v) is 33.3. The molecular formula is C108H112F4N10O7. The van der Waals surface area contributed by atoms with Crippen LogP contribution in [0.4, 0.5) is 17.6 Å². The summed E-state index contributed by atoms with van der Waals surface area (Å²) in [7, 11) is 0. The number of rotatable bonds is 7. The number of allylic oxidation sites excluding steroid dienone is 1. The van der Waals surface area contributed by atoms with E-state index in [0.29, 0.717) is 102 Å². The highest BCUT2D eigenvalue weighted by Gasteiger charge is 2.61. The molecule has 7 aromatic heterocycles. The van der Waals surface area contributed by atoms with Gasteiger partial charge in [-0.2, -0.15) is 0 Å². The number of aromatic nitrogens is 10. The molecule has 24 rings (SSSR count). The van der Waals surface area contributed by atoms with Gasteiger partial charge in [0.25, 0.3) is 0 Å². The van der Waals surface area contributed by atoms with E-state index in [2.05, 4.69) is 75.5 Å². The summed E-state index contributed by atoms with van der Waals surface area (Å²) in [5, 5.41) is 4.12. The number of ketones is 2. The second-order valence-electron chi connectivity index (χ2n) is 39.8.